The molecule has 0 radical (unpaired) electrons. The second-order valence-corrected chi connectivity index (χ2v) is 20.6. The Morgan fingerprint density at radius 2 is 0.968 bits per heavy atom. The fraction of sp³-hybridized carbons (Fsp3) is 0.943. The number of hydrogen-bond donors (Lipinski definition) is 0. The molecule has 9 heteroatoms. The molecule has 0 rings (SSSR count). The lowest BCUT2D eigenvalue weighted by Gasteiger charge is -2.25. The van der Waals surface area contributed by atoms with E-state index in [-0.39, 0.29) is 22.7 Å². The van der Waals surface area contributed by atoms with E-state index < -0.39 is 6.16 Å². The van der Waals surface area contributed by atoms with E-state index in [4.69, 9.17) is 14.2 Å². The average Bonchev–Trinajstić information content (AvgIpc) is 3.24. The molecule has 0 saturated carbocycles. The Bertz CT molecular complexity index is 993. The van der Waals surface area contributed by atoms with Crippen LogP contribution in [0, 0.1) is 5.41 Å². The molecule has 1 amide bonds. The Morgan fingerprint density at radius 3 is 1.50 bits per heavy atom. The molecule has 0 aromatic rings. The second kappa shape index (κ2) is 44.7. The van der Waals surface area contributed by atoms with E-state index in [0.717, 1.165) is 128 Å². The van der Waals surface area contributed by atoms with Crippen LogP contribution in [0.25, 0.3) is 0 Å². The lowest BCUT2D eigenvalue weighted by atomic mass is 9.88. The highest BCUT2D eigenvalue weighted by Crippen LogP contribution is 2.25. The van der Waals surface area contributed by atoms with Crippen LogP contribution in [-0.2, 0) is 19.0 Å². The number of nitrogens with zero attached hydrogens (tertiary/aromatic N) is 2. The summed E-state index contributed by atoms with van der Waals surface area (Å²) in [6, 6.07) is 0. The Labute approximate surface area is 389 Å². The minimum absolute atomic E-state index is 0.0338. The number of amides is 1. The normalized spacial score (nSPS) is 11.8. The van der Waals surface area contributed by atoms with Crippen LogP contribution in [0.2, 0.25) is 0 Å². The summed E-state index contributed by atoms with van der Waals surface area (Å²) in [5.41, 5.74) is -0.0461. The van der Waals surface area contributed by atoms with Gasteiger partial charge in [0.25, 0.3) is 5.24 Å². The molecule has 0 aliphatic heterocycles. The number of carbonyl (C=O) groups excluding carboxylic acids is 3. The third kappa shape index (κ3) is 42.5. The smallest absolute Gasteiger partial charge is 0.465 e. The summed E-state index contributed by atoms with van der Waals surface area (Å²) in [4.78, 5) is 42.7. The zero-order chi connectivity index (χ0) is 45.8. The van der Waals surface area contributed by atoms with Crippen LogP contribution in [0.3, 0.4) is 0 Å². The highest BCUT2D eigenvalue weighted by molar-refractivity contribution is 8.13. The topological polar surface area (TPSA) is 85.4 Å². The van der Waals surface area contributed by atoms with Crippen molar-refractivity contribution in [1.82, 2.24) is 9.80 Å². The quantitative estimate of drug-likeness (QED) is 0.0441. The van der Waals surface area contributed by atoms with Gasteiger partial charge < -0.3 is 24.0 Å². The van der Waals surface area contributed by atoms with Crippen molar-refractivity contribution < 1.29 is 28.6 Å². The van der Waals surface area contributed by atoms with Gasteiger partial charge in [-0.15, -0.1) is 0 Å². The van der Waals surface area contributed by atoms with Gasteiger partial charge in [-0.25, -0.2) is 4.79 Å². The lowest BCUT2D eigenvalue weighted by molar-refractivity contribution is -0.147. The Balaban J connectivity index is 4.62. The molecule has 0 N–H and O–H groups in total. The number of hydrogen-bond acceptors (Lipinski definition) is 8. The van der Waals surface area contributed by atoms with E-state index in [1.807, 2.05) is 0 Å². The zero-order valence-corrected chi connectivity index (χ0v) is 43.1. The molecular weight excluding hydrogens is 793 g/mol. The molecule has 0 aromatic carbocycles. The molecule has 0 aromatic heterocycles. The maximum Gasteiger partial charge on any atom is 0.508 e. The van der Waals surface area contributed by atoms with Crippen molar-refractivity contribution in [2.75, 3.05) is 52.7 Å². The van der Waals surface area contributed by atoms with E-state index in [2.05, 4.69) is 58.5 Å². The number of ether oxygens (including phenoxy) is 3. The van der Waals surface area contributed by atoms with Crippen molar-refractivity contribution in [3.8, 4) is 0 Å². The van der Waals surface area contributed by atoms with Gasteiger partial charge in [-0.1, -0.05) is 188 Å². The third-order valence-electron chi connectivity index (χ3n) is 12.2. The average molecular weight is 897 g/mol. The first-order valence-electron chi connectivity index (χ1n) is 26.6. The van der Waals surface area contributed by atoms with Gasteiger partial charge in [0.2, 0.25) is 0 Å². The largest absolute Gasteiger partial charge is 0.508 e. The van der Waals surface area contributed by atoms with Gasteiger partial charge in [-0.2, -0.15) is 0 Å². The maximum absolute atomic E-state index is 13.3. The molecule has 0 bridgehead atoms. The first kappa shape index (κ1) is 60.5. The molecule has 0 atom stereocenters. The number of rotatable bonds is 46. The van der Waals surface area contributed by atoms with Gasteiger partial charge in [0.05, 0.1) is 13.2 Å². The Hall–Kier alpha value is -1.48. The number of unbranched alkanes of at least 4 members (excludes halogenated alkanes) is 25. The predicted octanol–water partition coefficient (Wildman–Crippen LogP) is 16.5. The minimum Gasteiger partial charge on any atom is -0.465 e. The lowest BCUT2D eigenvalue weighted by Crippen LogP contribution is -2.30. The fourth-order valence-corrected chi connectivity index (χ4v) is 8.87. The Kier molecular flexibility index (Phi) is 43.6. The molecule has 0 aliphatic carbocycles. The van der Waals surface area contributed by atoms with Gasteiger partial charge in [0.1, 0.15) is 6.10 Å². The van der Waals surface area contributed by atoms with Gasteiger partial charge in [-0.05, 0) is 103 Å². The highest BCUT2D eigenvalue weighted by Gasteiger charge is 2.21. The van der Waals surface area contributed by atoms with Crippen LogP contribution in [-0.4, -0.2) is 86.0 Å². The summed E-state index contributed by atoms with van der Waals surface area (Å²) in [5.74, 6) is 0.806. The summed E-state index contributed by atoms with van der Waals surface area (Å²) in [6.45, 7) is 14.6. The minimum atomic E-state index is -0.501. The molecule has 8 nitrogen and oxygen atoms in total. The van der Waals surface area contributed by atoms with E-state index in [9.17, 15) is 14.4 Å². The van der Waals surface area contributed by atoms with Gasteiger partial charge in [0, 0.05) is 25.3 Å². The number of thioether (sulfide) groups is 1. The van der Waals surface area contributed by atoms with Crippen LogP contribution in [0.1, 0.15) is 259 Å². The summed E-state index contributed by atoms with van der Waals surface area (Å²) in [7, 11) is 4.19. The van der Waals surface area contributed by atoms with E-state index >= 15 is 0 Å². The molecule has 368 valence electrons. The summed E-state index contributed by atoms with van der Waals surface area (Å²) in [6.07, 6.45) is 39.3. The molecule has 62 heavy (non-hydrogen) atoms. The first-order valence-corrected chi connectivity index (χ1v) is 27.6. The molecular formula is C53H104N2O6S. The molecule has 0 aliphatic rings. The Morgan fingerprint density at radius 1 is 0.516 bits per heavy atom. The molecule has 0 heterocycles. The van der Waals surface area contributed by atoms with Crippen LogP contribution < -0.4 is 0 Å². The van der Waals surface area contributed by atoms with Crippen molar-refractivity contribution in [3.05, 3.63) is 0 Å². The van der Waals surface area contributed by atoms with Crippen LogP contribution in [0.15, 0.2) is 0 Å². The number of esters is 1. The zero-order valence-electron chi connectivity index (χ0n) is 42.3. The maximum atomic E-state index is 13.3. The second-order valence-electron chi connectivity index (χ2n) is 19.5. The molecule has 0 saturated heterocycles. The van der Waals surface area contributed by atoms with E-state index in [1.165, 1.54) is 127 Å². The standard InChI is InChI=1S/C53H104N2O6S/c1-8-11-14-17-20-23-26-32-41-50(56)60-48-53(4,5)42-33-29-35-45-55(51(57)62-47-38-36-43-54(6)7)44-34-27-28-37-46-59-52(58)61-49(39-30-24-21-18-15-12-9-2)40-31-25-22-19-16-13-10-3/h49H,8-48H2,1-7H3. The van der Waals surface area contributed by atoms with E-state index in [1.54, 1.807) is 0 Å². The van der Waals surface area contributed by atoms with Gasteiger partial charge in [-0.3, -0.25) is 9.59 Å². The van der Waals surface area contributed by atoms with Gasteiger partial charge >= 0.3 is 12.1 Å². The third-order valence-corrected chi connectivity index (χ3v) is 13.2. The molecule has 0 spiro atoms. The first-order chi connectivity index (χ1) is 30.0. The highest BCUT2D eigenvalue weighted by atomic mass is 32.2. The summed E-state index contributed by atoms with van der Waals surface area (Å²) in [5, 5.41) is 0.201. The van der Waals surface area contributed by atoms with E-state index in [0.29, 0.717) is 19.6 Å². The fourth-order valence-electron chi connectivity index (χ4n) is 7.99. The van der Waals surface area contributed by atoms with Crippen LogP contribution in [0.5, 0.6) is 0 Å². The van der Waals surface area contributed by atoms with Crippen molar-refractivity contribution in [2.45, 2.75) is 265 Å². The van der Waals surface area contributed by atoms with Crippen molar-refractivity contribution in [1.29, 1.82) is 0 Å². The summed E-state index contributed by atoms with van der Waals surface area (Å²) >= 11 is 1.47. The molecule has 0 fully saturated rings. The van der Waals surface area contributed by atoms with Gasteiger partial charge in [0.15, 0.2) is 0 Å². The van der Waals surface area contributed by atoms with Crippen LogP contribution >= 0.6 is 11.8 Å². The monoisotopic (exact) mass is 897 g/mol. The van der Waals surface area contributed by atoms with Crippen molar-refractivity contribution in [3.63, 3.8) is 0 Å². The summed E-state index contributed by atoms with van der Waals surface area (Å²) < 4.78 is 17.1. The predicted molar refractivity (Wildman–Crippen MR) is 268 cm³/mol. The van der Waals surface area contributed by atoms with Crippen molar-refractivity contribution >= 4 is 29.1 Å². The SMILES string of the molecule is CCCCCCCCCCC(=O)OCC(C)(C)CCCCCN(CCCCCCOC(=O)OC(CCCCCCCCC)CCCCCCCCC)C(=O)SCCCCN(C)C. The van der Waals surface area contributed by atoms with Crippen LogP contribution in [0.4, 0.5) is 9.59 Å². The number of carbonyl (C=O) groups is 3. The van der Waals surface area contributed by atoms with Crippen molar-refractivity contribution in [2.24, 2.45) is 5.41 Å². The molecule has 0 unspecified atom stereocenters.